The first-order chi connectivity index (χ1) is 15.5. The Hall–Kier alpha value is -2.07. The quantitative estimate of drug-likeness (QED) is 0.461. The van der Waals surface area contributed by atoms with Crippen molar-refractivity contribution in [2.75, 3.05) is 20.3 Å². The molecule has 7 nitrogen and oxygen atoms in total. The average molecular weight is 476 g/mol. The smallest absolute Gasteiger partial charge is 0.243 e. The number of sulfonamides is 1. The number of hydrogen-bond donors (Lipinski definition) is 2. The number of halogens is 1. The Labute approximate surface area is 193 Å². The lowest BCUT2D eigenvalue weighted by Crippen LogP contribution is -2.42. The van der Waals surface area contributed by atoms with Crippen molar-refractivity contribution in [3.8, 4) is 0 Å². The lowest BCUT2D eigenvalue weighted by Gasteiger charge is -2.23. The van der Waals surface area contributed by atoms with Gasteiger partial charge in [-0.1, -0.05) is 35.9 Å². The highest BCUT2D eigenvalue weighted by atomic mass is 35.5. The number of hydrogen-bond acceptors (Lipinski definition) is 6. The molecule has 1 aromatic heterocycles. The molecule has 0 saturated carbocycles. The van der Waals surface area contributed by atoms with Gasteiger partial charge in [-0.2, -0.15) is 4.72 Å². The van der Waals surface area contributed by atoms with E-state index in [2.05, 4.69) is 15.0 Å². The predicted molar refractivity (Wildman–Crippen MR) is 124 cm³/mol. The molecule has 1 saturated heterocycles. The minimum Gasteiger partial charge on any atom is -0.375 e. The Kier molecular flexibility index (Phi) is 7.40. The van der Waals surface area contributed by atoms with Crippen LogP contribution in [0.15, 0.2) is 65.8 Å². The summed E-state index contributed by atoms with van der Waals surface area (Å²) in [5.74, 6) is -0.0180. The highest BCUT2D eigenvalue weighted by Crippen LogP contribution is 2.25. The highest BCUT2D eigenvalue weighted by molar-refractivity contribution is 7.89. The molecule has 3 atom stereocenters. The molecule has 0 aliphatic carbocycles. The summed E-state index contributed by atoms with van der Waals surface area (Å²) in [6, 6.07) is 14.5. The fraction of sp³-hybridized carbons (Fsp3) is 0.348. The molecule has 2 N–H and O–H groups in total. The van der Waals surface area contributed by atoms with Gasteiger partial charge in [-0.15, -0.1) is 0 Å². The van der Waals surface area contributed by atoms with Gasteiger partial charge in [-0.3, -0.25) is 4.98 Å². The molecule has 1 aliphatic heterocycles. The summed E-state index contributed by atoms with van der Waals surface area (Å²) in [6.45, 7) is 1.66. The van der Waals surface area contributed by atoms with E-state index >= 15 is 0 Å². The van der Waals surface area contributed by atoms with Gasteiger partial charge >= 0.3 is 0 Å². The van der Waals surface area contributed by atoms with Crippen molar-refractivity contribution >= 4 is 32.4 Å². The molecule has 1 fully saturated rings. The molecule has 2 aromatic carbocycles. The maximum atomic E-state index is 13.1. The molecule has 2 heterocycles. The van der Waals surface area contributed by atoms with E-state index < -0.39 is 16.3 Å². The van der Waals surface area contributed by atoms with E-state index in [1.165, 1.54) is 7.11 Å². The van der Waals surface area contributed by atoms with Crippen molar-refractivity contribution < 1.29 is 17.9 Å². The van der Waals surface area contributed by atoms with Gasteiger partial charge in [0.15, 0.2) is 0 Å². The normalized spacial score (nSPS) is 19.9. The van der Waals surface area contributed by atoms with Crippen LogP contribution >= 0.6 is 11.6 Å². The Morgan fingerprint density at radius 3 is 2.81 bits per heavy atom. The third kappa shape index (κ3) is 5.46. The standard InChI is InChI=1S/C23H26ClN3O4S/c1-30-23(27-32(28,29)22-4-2-3-17-12-25-10-9-21(17)22)18-11-20(26-13-18)15-31-14-16-5-7-19(24)8-6-16/h2-10,12,18,20,23,26-27H,11,13-15H2,1H3/t18?,20-,23?/m0/s1. The second-order valence-corrected chi connectivity index (χ2v) is 9.99. The number of rotatable bonds is 9. The second kappa shape index (κ2) is 10.2. The van der Waals surface area contributed by atoms with Crippen LogP contribution in [0.1, 0.15) is 12.0 Å². The highest BCUT2D eigenvalue weighted by Gasteiger charge is 2.34. The van der Waals surface area contributed by atoms with Crippen molar-refractivity contribution in [3.05, 3.63) is 71.5 Å². The van der Waals surface area contributed by atoms with Gasteiger partial charge < -0.3 is 14.8 Å². The maximum Gasteiger partial charge on any atom is 0.243 e. The van der Waals surface area contributed by atoms with Crippen LogP contribution in [0.4, 0.5) is 0 Å². The summed E-state index contributed by atoms with van der Waals surface area (Å²) in [4.78, 5) is 4.28. The summed E-state index contributed by atoms with van der Waals surface area (Å²) < 4.78 is 40.4. The van der Waals surface area contributed by atoms with Crippen LogP contribution in [0.25, 0.3) is 10.8 Å². The number of nitrogens with one attached hydrogen (secondary N) is 2. The van der Waals surface area contributed by atoms with Crippen LogP contribution in [-0.4, -0.2) is 45.9 Å². The zero-order chi connectivity index (χ0) is 22.6. The minimum absolute atomic E-state index is 0.0180. The van der Waals surface area contributed by atoms with E-state index in [9.17, 15) is 8.42 Å². The molecule has 3 aromatic rings. The summed E-state index contributed by atoms with van der Waals surface area (Å²) in [5.41, 5.74) is 1.05. The van der Waals surface area contributed by atoms with E-state index in [1.54, 1.807) is 30.6 Å². The first kappa shape index (κ1) is 23.1. The van der Waals surface area contributed by atoms with E-state index in [1.807, 2.05) is 30.3 Å². The van der Waals surface area contributed by atoms with Crippen LogP contribution in [-0.2, 0) is 26.1 Å². The molecule has 0 bridgehead atoms. The number of aromatic nitrogens is 1. The number of pyridine rings is 1. The summed E-state index contributed by atoms with van der Waals surface area (Å²) in [6.07, 6.45) is 3.33. The maximum absolute atomic E-state index is 13.1. The lowest BCUT2D eigenvalue weighted by molar-refractivity contribution is 0.0466. The summed E-state index contributed by atoms with van der Waals surface area (Å²) >= 11 is 5.91. The van der Waals surface area contributed by atoms with Crippen molar-refractivity contribution in [3.63, 3.8) is 0 Å². The summed E-state index contributed by atoms with van der Waals surface area (Å²) in [5, 5.41) is 5.50. The van der Waals surface area contributed by atoms with E-state index in [-0.39, 0.29) is 16.9 Å². The lowest BCUT2D eigenvalue weighted by atomic mass is 10.0. The van der Waals surface area contributed by atoms with Crippen LogP contribution in [0.3, 0.4) is 0 Å². The molecule has 9 heteroatoms. The fourth-order valence-electron chi connectivity index (χ4n) is 3.99. The van der Waals surface area contributed by atoms with Gasteiger partial charge in [0.1, 0.15) is 6.23 Å². The van der Waals surface area contributed by atoms with E-state index in [4.69, 9.17) is 21.1 Å². The van der Waals surface area contributed by atoms with Crippen molar-refractivity contribution in [1.29, 1.82) is 0 Å². The van der Waals surface area contributed by atoms with Crippen molar-refractivity contribution in [1.82, 2.24) is 15.0 Å². The topological polar surface area (TPSA) is 89.5 Å². The first-order valence-electron chi connectivity index (χ1n) is 10.4. The largest absolute Gasteiger partial charge is 0.375 e. The van der Waals surface area contributed by atoms with Gasteiger partial charge in [-0.25, -0.2) is 8.42 Å². The van der Waals surface area contributed by atoms with Crippen LogP contribution in [0.2, 0.25) is 5.02 Å². The van der Waals surface area contributed by atoms with Gasteiger partial charge in [0.25, 0.3) is 0 Å². The third-order valence-corrected chi connectivity index (χ3v) is 7.37. The van der Waals surface area contributed by atoms with Crippen molar-refractivity contribution in [2.24, 2.45) is 5.92 Å². The summed E-state index contributed by atoms with van der Waals surface area (Å²) in [7, 11) is -2.26. The van der Waals surface area contributed by atoms with Crippen LogP contribution < -0.4 is 10.0 Å². The monoisotopic (exact) mass is 475 g/mol. The number of nitrogens with zero attached hydrogens (tertiary/aromatic N) is 1. The molecule has 170 valence electrons. The zero-order valence-corrected chi connectivity index (χ0v) is 19.3. The molecule has 32 heavy (non-hydrogen) atoms. The average Bonchev–Trinajstić information content (AvgIpc) is 3.27. The molecule has 0 radical (unpaired) electrons. The van der Waals surface area contributed by atoms with Gasteiger partial charge in [0.05, 0.1) is 18.1 Å². The Morgan fingerprint density at radius 1 is 1.22 bits per heavy atom. The minimum atomic E-state index is -3.78. The fourth-order valence-corrected chi connectivity index (χ4v) is 5.57. The number of ether oxygens (including phenoxy) is 2. The molecule has 0 amide bonds. The Balaban J connectivity index is 1.36. The zero-order valence-electron chi connectivity index (χ0n) is 17.7. The van der Waals surface area contributed by atoms with Gasteiger partial charge in [0.2, 0.25) is 10.0 Å². The molecular formula is C23H26ClN3O4S. The Bertz CT molecular complexity index is 1150. The third-order valence-electron chi connectivity index (χ3n) is 5.64. The van der Waals surface area contributed by atoms with E-state index in [0.29, 0.717) is 30.2 Å². The number of benzene rings is 2. The van der Waals surface area contributed by atoms with E-state index in [0.717, 1.165) is 17.4 Å². The van der Waals surface area contributed by atoms with Gasteiger partial charge in [-0.05, 0) is 36.2 Å². The Morgan fingerprint density at radius 2 is 2.03 bits per heavy atom. The second-order valence-electron chi connectivity index (χ2n) is 7.87. The molecular weight excluding hydrogens is 450 g/mol. The molecule has 1 aliphatic rings. The van der Waals surface area contributed by atoms with Crippen molar-refractivity contribution in [2.45, 2.75) is 30.2 Å². The number of methoxy groups -OCH3 is 1. The number of fused-ring (bicyclic) bond motifs is 1. The first-order valence-corrected chi connectivity index (χ1v) is 12.3. The molecule has 4 rings (SSSR count). The van der Waals surface area contributed by atoms with Crippen LogP contribution in [0, 0.1) is 5.92 Å². The predicted octanol–water partition coefficient (Wildman–Crippen LogP) is 3.33. The van der Waals surface area contributed by atoms with Crippen LogP contribution in [0.5, 0.6) is 0 Å². The SMILES string of the molecule is COC(NS(=O)(=O)c1cccc2cnccc12)C1CN[C@H](COCc2ccc(Cl)cc2)C1. The molecule has 2 unspecified atom stereocenters. The molecule has 0 spiro atoms. The van der Waals surface area contributed by atoms with Gasteiger partial charge in [0, 0.05) is 53.8 Å².